The smallest absolute Gasteiger partial charge is 0.0410 e. The van der Waals surface area contributed by atoms with Gasteiger partial charge < -0.3 is 5.32 Å². The van der Waals surface area contributed by atoms with Crippen LogP contribution in [0.25, 0.3) is 0 Å². The van der Waals surface area contributed by atoms with E-state index in [9.17, 15) is 0 Å². The molecule has 0 bridgehead atoms. The number of benzene rings is 1. The van der Waals surface area contributed by atoms with Crippen LogP contribution in [0.5, 0.6) is 0 Å². The van der Waals surface area contributed by atoms with E-state index in [2.05, 4.69) is 45.7 Å². The van der Waals surface area contributed by atoms with E-state index in [0.29, 0.717) is 6.04 Å². The Bertz CT molecular complexity index is 455. The van der Waals surface area contributed by atoms with Gasteiger partial charge in [-0.1, -0.05) is 33.1 Å². The summed E-state index contributed by atoms with van der Waals surface area (Å²) in [6.45, 7) is 10.4. The van der Waals surface area contributed by atoms with Crippen molar-refractivity contribution in [3.63, 3.8) is 0 Å². The number of hydrogen-bond acceptors (Lipinski definition) is 2. The van der Waals surface area contributed by atoms with Gasteiger partial charge in [-0.3, -0.25) is 4.90 Å². The summed E-state index contributed by atoms with van der Waals surface area (Å²) in [4.78, 5) is 2.52. The van der Waals surface area contributed by atoms with Crippen molar-refractivity contribution in [2.24, 2.45) is 0 Å². The molecule has 0 spiro atoms. The van der Waals surface area contributed by atoms with Crippen molar-refractivity contribution in [2.75, 3.05) is 26.2 Å². The predicted octanol–water partition coefficient (Wildman–Crippen LogP) is 4.02. The van der Waals surface area contributed by atoms with Crippen LogP contribution in [0.3, 0.4) is 0 Å². The Labute approximate surface area is 129 Å². The normalized spacial score (nSPS) is 18.3. The molecule has 0 saturated carbocycles. The van der Waals surface area contributed by atoms with Crippen molar-refractivity contribution in [2.45, 2.75) is 19.4 Å². The molecule has 1 aromatic carbocycles. The van der Waals surface area contributed by atoms with Crippen LogP contribution < -0.4 is 5.32 Å². The lowest BCUT2D eigenvalue weighted by molar-refractivity contribution is 0.172. The number of piperazine rings is 1. The lowest BCUT2D eigenvalue weighted by atomic mass is 9.98. The van der Waals surface area contributed by atoms with E-state index in [0.717, 1.165) is 42.1 Å². The van der Waals surface area contributed by atoms with Crippen molar-refractivity contribution >= 4 is 27.5 Å². The molecule has 2 nitrogen and oxygen atoms in total. The summed E-state index contributed by atoms with van der Waals surface area (Å²) in [6.07, 6.45) is 0.971. The van der Waals surface area contributed by atoms with Crippen LogP contribution in [0, 0.1) is 0 Å². The molecule has 1 saturated heterocycles. The highest BCUT2D eigenvalue weighted by Crippen LogP contribution is 2.34. The maximum absolute atomic E-state index is 6.16. The van der Waals surface area contributed by atoms with Gasteiger partial charge in [-0.15, -0.1) is 6.58 Å². The molecule has 0 aliphatic carbocycles. The molecule has 1 heterocycles. The Morgan fingerprint density at radius 2 is 2.16 bits per heavy atom. The van der Waals surface area contributed by atoms with Crippen molar-refractivity contribution in [3.8, 4) is 0 Å². The van der Waals surface area contributed by atoms with E-state index in [1.54, 1.807) is 0 Å². The van der Waals surface area contributed by atoms with Crippen LogP contribution in [0.4, 0.5) is 0 Å². The summed E-state index contributed by atoms with van der Waals surface area (Å²) in [7, 11) is 0. The molecule has 1 aliphatic heterocycles. The van der Waals surface area contributed by atoms with Gasteiger partial charge in [0.05, 0.1) is 0 Å². The fraction of sp³-hybridized carbons (Fsp3) is 0.467. The van der Waals surface area contributed by atoms with Crippen LogP contribution >= 0.6 is 27.5 Å². The molecular formula is C15H20BrClN2. The predicted molar refractivity (Wildman–Crippen MR) is 85.8 cm³/mol. The molecular weight excluding hydrogens is 324 g/mol. The highest BCUT2D eigenvalue weighted by molar-refractivity contribution is 9.10. The van der Waals surface area contributed by atoms with Crippen molar-refractivity contribution in [1.82, 2.24) is 10.2 Å². The molecule has 2 rings (SSSR count). The van der Waals surface area contributed by atoms with Gasteiger partial charge in [0.15, 0.2) is 0 Å². The molecule has 4 heteroatoms. The third-order valence-corrected chi connectivity index (χ3v) is 4.41. The summed E-state index contributed by atoms with van der Waals surface area (Å²) in [6, 6.07) is 6.38. The monoisotopic (exact) mass is 342 g/mol. The van der Waals surface area contributed by atoms with Gasteiger partial charge in [-0.05, 0) is 37.1 Å². The SMILES string of the molecule is C=C(C)C[C@H](c1cc(Cl)ccc1Br)N1CCNCC1. The number of nitrogens with zero attached hydrogens (tertiary/aromatic N) is 1. The van der Waals surface area contributed by atoms with Gasteiger partial charge >= 0.3 is 0 Å². The second-order valence-corrected chi connectivity index (χ2v) is 6.42. The Morgan fingerprint density at radius 3 is 2.79 bits per heavy atom. The number of nitrogens with one attached hydrogen (secondary N) is 1. The first-order valence-electron chi connectivity index (χ1n) is 6.62. The first-order chi connectivity index (χ1) is 9.08. The van der Waals surface area contributed by atoms with E-state index in [1.807, 2.05) is 12.1 Å². The minimum Gasteiger partial charge on any atom is -0.314 e. The van der Waals surface area contributed by atoms with E-state index in [1.165, 1.54) is 11.1 Å². The average Bonchev–Trinajstić information content (AvgIpc) is 2.40. The second kappa shape index (κ2) is 6.89. The summed E-state index contributed by atoms with van der Waals surface area (Å²) in [5, 5.41) is 4.19. The molecule has 0 unspecified atom stereocenters. The largest absolute Gasteiger partial charge is 0.314 e. The number of halogens is 2. The second-order valence-electron chi connectivity index (χ2n) is 5.13. The minimum atomic E-state index is 0.354. The van der Waals surface area contributed by atoms with Crippen LogP contribution in [0.2, 0.25) is 5.02 Å². The standard InChI is InChI=1S/C15H20BrClN2/c1-11(2)9-15(19-7-5-18-6-8-19)13-10-12(17)3-4-14(13)16/h3-4,10,15,18H,1,5-9H2,2H3/t15-/m1/s1. The molecule has 0 amide bonds. The fourth-order valence-corrected chi connectivity index (χ4v) is 3.22. The first kappa shape index (κ1) is 15.0. The number of hydrogen-bond donors (Lipinski definition) is 1. The van der Waals surface area contributed by atoms with Gasteiger partial charge in [0.25, 0.3) is 0 Å². The summed E-state index contributed by atoms with van der Waals surface area (Å²) < 4.78 is 1.13. The third kappa shape index (κ3) is 4.06. The zero-order chi connectivity index (χ0) is 13.8. The van der Waals surface area contributed by atoms with Gasteiger partial charge in [-0.2, -0.15) is 0 Å². The number of rotatable bonds is 4. The maximum Gasteiger partial charge on any atom is 0.0410 e. The molecule has 0 aromatic heterocycles. The average molecular weight is 344 g/mol. The molecule has 1 aliphatic rings. The molecule has 0 radical (unpaired) electrons. The van der Waals surface area contributed by atoms with Crippen LogP contribution in [0.15, 0.2) is 34.8 Å². The third-order valence-electron chi connectivity index (χ3n) is 3.45. The molecule has 1 atom stereocenters. The maximum atomic E-state index is 6.16. The van der Waals surface area contributed by atoms with Gasteiger partial charge in [0, 0.05) is 41.7 Å². The zero-order valence-electron chi connectivity index (χ0n) is 11.3. The summed E-state index contributed by atoms with van der Waals surface area (Å²) in [5.41, 5.74) is 2.47. The van der Waals surface area contributed by atoms with Crippen LogP contribution in [-0.2, 0) is 0 Å². The Kier molecular flexibility index (Phi) is 5.46. The van der Waals surface area contributed by atoms with Gasteiger partial charge in [0.2, 0.25) is 0 Å². The van der Waals surface area contributed by atoms with Crippen molar-refractivity contribution < 1.29 is 0 Å². The Balaban J connectivity index is 2.29. The lowest BCUT2D eigenvalue weighted by Gasteiger charge is -2.36. The quantitative estimate of drug-likeness (QED) is 0.831. The van der Waals surface area contributed by atoms with Gasteiger partial charge in [-0.25, -0.2) is 0 Å². The topological polar surface area (TPSA) is 15.3 Å². The lowest BCUT2D eigenvalue weighted by Crippen LogP contribution is -2.45. The van der Waals surface area contributed by atoms with E-state index in [4.69, 9.17) is 11.6 Å². The van der Waals surface area contributed by atoms with Crippen LogP contribution in [0.1, 0.15) is 24.9 Å². The fourth-order valence-electron chi connectivity index (χ4n) is 2.53. The molecule has 1 N–H and O–H groups in total. The molecule has 104 valence electrons. The summed E-state index contributed by atoms with van der Waals surface area (Å²) >= 11 is 9.82. The van der Waals surface area contributed by atoms with E-state index >= 15 is 0 Å². The Hall–Kier alpha value is -0.350. The summed E-state index contributed by atoms with van der Waals surface area (Å²) in [5.74, 6) is 0. The highest BCUT2D eigenvalue weighted by Gasteiger charge is 2.24. The zero-order valence-corrected chi connectivity index (χ0v) is 13.6. The highest BCUT2D eigenvalue weighted by atomic mass is 79.9. The molecule has 1 fully saturated rings. The van der Waals surface area contributed by atoms with Crippen LogP contribution in [-0.4, -0.2) is 31.1 Å². The molecule has 19 heavy (non-hydrogen) atoms. The first-order valence-corrected chi connectivity index (χ1v) is 7.79. The molecule has 1 aromatic rings. The van der Waals surface area contributed by atoms with E-state index < -0.39 is 0 Å². The van der Waals surface area contributed by atoms with Gasteiger partial charge in [0.1, 0.15) is 0 Å². The van der Waals surface area contributed by atoms with E-state index in [-0.39, 0.29) is 0 Å². The van der Waals surface area contributed by atoms with Crippen molar-refractivity contribution in [1.29, 1.82) is 0 Å². The minimum absolute atomic E-state index is 0.354. The van der Waals surface area contributed by atoms with Crippen molar-refractivity contribution in [3.05, 3.63) is 45.4 Å². The Morgan fingerprint density at radius 1 is 1.47 bits per heavy atom.